The molecule has 0 saturated carbocycles. The Kier molecular flexibility index (Phi) is 7.80. The third kappa shape index (κ3) is 5.94. The summed E-state index contributed by atoms with van der Waals surface area (Å²) in [5, 5.41) is 5.23. The van der Waals surface area contributed by atoms with Gasteiger partial charge in [-0.2, -0.15) is 0 Å². The van der Waals surface area contributed by atoms with Crippen molar-refractivity contribution in [2.75, 3.05) is 13.2 Å². The van der Waals surface area contributed by atoms with Gasteiger partial charge >= 0.3 is 5.97 Å². The van der Waals surface area contributed by atoms with Gasteiger partial charge < -0.3 is 15.4 Å². The summed E-state index contributed by atoms with van der Waals surface area (Å²) in [4.78, 5) is 35.8. The van der Waals surface area contributed by atoms with E-state index in [4.69, 9.17) is 22.8 Å². The smallest absolute Gasteiger partial charge is 0.329 e. The Bertz CT molecular complexity index is 652. The highest BCUT2D eigenvalue weighted by Crippen LogP contribution is 2.15. The molecule has 0 aliphatic rings. The first-order valence-corrected chi connectivity index (χ1v) is 7.66. The van der Waals surface area contributed by atoms with E-state index in [0.29, 0.717) is 0 Å². The summed E-state index contributed by atoms with van der Waals surface area (Å²) in [7, 11) is 0. The highest BCUT2D eigenvalue weighted by atomic mass is 35.5. The van der Waals surface area contributed by atoms with Gasteiger partial charge in [0.05, 0.1) is 17.1 Å². The van der Waals surface area contributed by atoms with E-state index in [-0.39, 0.29) is 23.0 Å². The molecule has 0 heterocycles. The van der Waals surface area contributed by atoms with Crippen LogP contribution >= 0.6 is 11.6 Å². The maximum atomic E-state index is 12.3. The number of esters is 1. The molecule has 2 amide bonds. The van der Waals surface area contributed by atoms with Gasteiger partial charge in [-0.3, -0.25) is 9.59 Å². The average Bonchev–Trinajstić information content (AvgIpc) is 2.55. The molecule has 0 saturated heterocycles. The fourth-order valence-corrected chi connectivity index (χ4v) is 2.01. The standard InChI is InChI=1S/C17H19ClN2O4/c1-4-9-19-14(21)10-24-17(23)15(11(2)3)20-16(22)12-7-5-6-8-13(12)18/h1,5-8,11,15H,9-10H2,2-3H3,(H,19,21)(H,20,22)/t15-/m0/s1. The number of hydrogen-bond acceptors (Lipinski definition) is 4. The number of benzene rings is 1. The van der Waals surface area contributed by atoms with Crippen LogP contribution in [0.5, 0.6) is 0 Å². The summed E-state index contributed by atoms with van der Waals surface area (Å²) in [6.45, 7) is 3.08. The number of rotatable bonds is 7. The van der Waals surface area contributed by atoms with Crippen molar-refractivity contribution in [3.8, 4) is 12.3 Å². The minimum absolute atomic E-state index is 0.0488. The summed E-state index contributed by atoms with van der Waals surface area (Å²) < 4.78 is 4.92. The number of carbonyl (C=O) groups excluding carboxylic acids is 3. The quantitative estimate of drug-likeness (QED) is 0.575. The summed E-state index contributed by atoms with van der Waals surface area (Å²) in [5.41, 5.74) is 0.254. The molecule has 2 N–H and O–H groups in total. The molecule has 24 heavy (non-hydrogen) atoms. The number of carbonyl (C=O) groups is 3. The number of terminal acetylenes is 1. The number of nitrogens with one attached hydrogen (secondary N) is 2. The van der Waals surface area contributed by atoms with Gasteiger partial charge in [-0.05, 0) is 18.1 Å². The van der Waals surface area contributed by atoms with Crippen LogP contribution in [0.4, 0.5) is 0 Å². The third-order valence-corrected chi connectivity index (χ3v) is 3.39. The van der Waals surface area contributed by atoms with Crippen LogP contribution in [0, 0.1) is 18.3 Å². The predicted octanol–water partition coefficient (Wildman–Crippen LogP) is 1.39. The molecule has 0 radical (unpaired) electrons. The van der Waals surface area contributed by atoms with Crippen LogP contribution < -0.4 is 10.6 Å². The SMILES string of the molecule is C#CCNC(=O)COC(=O)[C@@H](NC(=O)c1ccccc1Cl)C(C)C. The van der Waals surface area contributed by atoms with Gasteiger partial charge in [0.2, 0.25) is 0 Å². The van der Waals surface area contributed by atoms with E-state index in [2.05, 4.69) is 16.6 Å². The Morgan fingerprint density at radius 2 is 1.96 bits per heavy atom. The summed E-state index contributed by atoms with van der Waals surface area (Å²) in [6.07, 6.45) is 5.01. The second-order valence-corrected chi connectivity index (χ2v) is 5.67. The molecule has 128 valence electrons. The van der Waals surface area contributed by atoms with Gasteiger partial charge in [0.25, 0.3) is 11.8 Å². The van der Waals surface area contributed by atoms with E-state index in [1.165, 1.54) is 0 Å². The van der Waals surface area contributed by atoms with E-state index in [1.54, 1.807) is 38.1 Å². The number of ether oxygens (including phenoxy) is 1. The largest absolute Gasteiger partial charge is 0.454 e. The maximum Gasteiger partial charge on any atom is 0.329 e. The Morgan fingerprint density at radius 1 is 1.29 bits per heavy atom. The molecule has 0 unspecified atom stereocenters. The maximum absolute atomic E-state index is 12.3. The van der Waals surface area contributed by atoms with Crippen LogP contribution in [0.15, 0.2) is 24.3 Å². The summed E-state index contributed by atoms with van der Waals surface area (Å²) in [5.74, 6) is 0.284. The van der Waals surface area contributed by atoms with E-state index in [1.807, 2.05) is 0 Å². The first kappa shape index (κ1) is 19.5. The van der Waals surface area contributed by atoms with E-state index >= 15 is 0 Å². The molecule has 1 atom stereocenters. The van der Waals surface area contributed by atoms with Crippen LogP contribution in [-0.4, -0.2) is 37.0 Å². The first-order valence-electron chi connectivity index (χ1n) is 7.29. The zero-order valence-corrected chi connectivity index (χ0v) is 14.2. The number of amides is 2. The molecule has 7 heteroatoms. The molecular formula is C17H19ClN2O4. The molecule has 1 aromatic carbocycles. The van der Waals surface area contributed by atoms with Crippen LogP contribution in [0.1, 0.15) is 24.2 Å². The fourth-order valence-electron chi connectivity index (χ4n) is 1.79. The first-order chi connectivity index (χ1) is 11.4. The van der Waals surface area contributed by atoms with Gasteiger partial charge in [-0.1, -0.05) is 43.5 Å². The van der Waals surface area contributed by atoms with Crippen molar-refractivity contribution >= 4 is 29.4 Å². The Morgan fingerprint density at radius 3 is 2.54 bits per heavy atom. The van der Waals surface area contributed by atoms with Crippen molar-refractivity contribution in [3.05, 3.63) is 34.9 Å². The van der Waals surface area contributed by atoms with Gasteiger partial charge in [-0.25, -0.2) is 4.79 Å². The van der Waals surface area contributed by atoms with Crippen LogP contribution in [0.25, 0.3) is 0 Å². The molecule has 1 rings (SSSR count). The van der Waals surface area contributed by atoms with E-state index in [9.17, 15) is 14.4 Å². The molecule has 0 bridgehead atoms. The number of halogens is 1. The molecule has 1 aromatic rings. The Labute approximate surface area is 145 Å². The van der Waals surface area contributed by atoms with Crippen molar-refractivity contribution in [1.29, 1.82) is 0 Å². The predicted molar refractivity (Wildman–Crippen MR) is 90.3 cm³/mol. The zero-order valence-electron chi connectivity index (χ0n) is 13.5. The molecule has 0 aliphatic carbocycles. The van der Waals surface area contributed by atoms with E-state index < -0.39 is 30.4 Å². The van der Waals surface area contributed by atoms with Crippen molar-refractivity contribution in [2.24, 2.45) is 5.92 Å². The molecule has 0 aliphatic heterocycles. The minimum atomic E-state index is -0.908. The molecular weight excluding hydrogens is 332 g/mol. The lowest BCUT2D eigenvalue weighted by atomic mass is 10.0. The number of hydrogen-bond donors (Lipinski definition) is 2. The third-order valence-electron chi connectivity index (χ3n) is 3.06. The van der Waals surface area contributed by atoms with Crippen molar-refractivity contribution in [3.63, 3.8) is 0 Å². The average molecular weight is 351 g/mol. The normalized spacial score (nSPS) is 11.3. The monoisotopic (exact) mass is 350 g/mol. The van der Waals surface area contributed by atoms with Gasteiger partial charge in [0, 0.05) is 0 Å². The van der Waals surface area contributed by atoms with Crippen LogP contribution in [0.2, 0.25) is 5.02 Å². The lowest BCUT2D eigenvalue weighted by Gasteiger charge is -2.21. The fraction of sp³-hybridized carbons (Fsp3) is 0.353. The zero-order chi connectivity index (χ0) is 18.1. The second kappa shape index (κ2) is 9.58. The topological polar surface area (TPSA) is 84.5 Å². The molecule has 6 nitrogen and oxygen atoms in total. The van der Waals surface area contributed by atoms with Gasteiger partial charge in [0.1, 0.15) is 6.04 Å². The van der Waals surface area contributed by atoms with E-state index in [0.717, 1.165) is 0 Å². The summed E-state index contributed by atoms with van der Waals surface area (Å²) in [6, 6.07) is 5.58. The molecule has 0 spiro atoms. The Hall–Kier alpha value is -2.52. The van der Waals surface area contributed by atoms with Crippen LogP contribution in [0.3, 0.4) is 0 Å². The second-order valence-electron chi connectivity index (χ2n) is 5.26. The van der Waals surface area contributed by atoms with Crippen molar-refractivity contribution in [1.82, 2.24) is 10.6 Å². The summed E-state index contributed by atoms with van der Waals surface area (Å²) >= 11 is 5.97. The highest BCUT2D eigenvalue weighted by Gasteiger charge is 2.27. The molecule has 0 aromatic heterocycles. The van der Waals surface area contributed by atoms with Crippen LogP contribution in [-0.2, 0) is 14.3 Å². The van der Waals surface area contributed by atoms with Crippen molar-refractivity contribution < 1.29 is 19.1 Å². The van der Waals surface area contributed by atoms with Gasteiger partial charge in [0.15, 0.2) is 6.61 Å². The lowest BCUT2D eigenvalue weighted by Crippen LogP contribution is -2.46. The highest BCUT2D eigenvalue weighted by molar-refractivity contribution is 6.33. The van der Waals surface area contributed by atoms with Gasteiger partial charge in [-0.15, -0.1) is 6.42 Å². The van der Waals surface area contributed by atoms with Crippen molar-refractivity contribution in [2.45, 2.75) is 19.9 Å². The lowest BCUT2D eigenvalue weighted by molar-refractivity contribution is -0.151. The Balaban J connectivity index is 2.68. The molecule has 0 fully saturated rings. The minimum Gasteiger partial charge on any atom is -0.454 e.